The highest BCUT2D eigenvalue weighted by molar-refractivity contribution is 5.78. The smallest absolute Gasteiger partial charge is 0.260 e. The van der Waals surface area contributed by atoms with Crippen LogP contribution in [0.15, 0.2) is 24.3 Å². The first-order valence-corrected chi connectivity index (χ1v) is 7.36. The molecule has 4 heteroatoms. The molecule has 0 saturated heterocycles. The molecule has 0 radical (unpaired) electrons. The number of carbonyl (C=O) groups is 1. The largest absolute Gasteiger partial charge is 0.484 e. The van der Waals surface area contributed by atoms with E-state index in [0.29, 0.717) is 18.2 Å². The Morgan fingerprint density at radius 1 is 1.35 bits per heavy atom. The molecule has 1 aromatic carbocycles. The zero-order chi connectivity index (χ0) is 14.5. The topological polar surface area (TPSA) is 49.8 Å². The van der Waals surface area contributed by atoms with Crippen molar-refractivity contribution < 1.29 is 14.6 Å². The lowest BCUT2D eigenvalue weighted by molar-refractivity contribution is -0.133. The van der Waals surface area contributed by atoms with Crippen molar-refractivity contribution in [3.05, 3.63) is 29.8 Å². The standard InChI is InChI=1S/C16H23NO3/c1-3-15(18)12-5-9-14(10-6-12)20-11-16(19)17(4-2)13-7-8-13/h5-6,9-10,13,15,18H,3-4,7-8,11H2,1-2H3. The Bertz CT molecular complexity index is 440. The molecule has 0 heterocycles. The first kappa shape index (κ1) is 14.9. The molecule has 110 valence electrons. The zero-order valence-corrected chi connectivity index (χ0v) is 12.2. The molecule has 0 spiro atoms. The van der Waals surface area contributed by atoms with E-state index in [1.165, 1.54) is 0 Å². The van der Waals surface area contributed by atoms with E-state index in [-0.39, 0.29) is 12.5 Å². The van der Waals surface area contributed by atoms with Gasteiger partial charge in [0.1, 0.15) is 5.75 Å². The van der Waals surface area contributed by atoms with Crippen LogP contribution in [0.4, 0.5) is 0 Å². The molecule has 1 saturated carbocycles. The molecule has 2 rings (SSSR count). The second kappa shape index (κ2) is 6.75. The average Bonchev–Trinajstić information content (AvgIpc) is 3.30. The van der Waals surface area contributed by atoms with E-state index in [1.54, 1.807) is 12.1 Å². The minimum atomic E-state index is -0.434. The average molecular weight is 277 g/mol. The van der Waals surface area contributed by atoms with Gasteiger partial charge in [-0.3, -0.25) is 4.79 Å². The summed E-state index contributed by atoms with van der Waals surface area (Å²) in [6.07, 6.45) is 2.48. The maximum atomic E-state index is 12.0. The summed E-state index contributed by atoms with van der Waals surface area (Å²) in [6, 6.07) is 7.71. The molecule has 1 fully saturated rings. The van der Waals surface area contributed by atoms with Crippen molar-refractivity contribution in [2.24, 2.45) is 0 Å². The van der Waals surface area contributed by atoms with E-state index in [1.807, 2.05) is 30.9 Å². The number of ether oxygens (including phenoxy) is 1. The molecule has 20 heavy (non-hydrogen) atoms. The molecule has 1 aliphatic carbocycles. The molecule has 0 aliphatic heterocycles. The van der Waals surface area contributed by atoms with Crippen molar-refractivity contribution >= 4 is 5.91 Å². The zero-order valence-electron chi connectivity index (χ0n) is 12.2. The molecular formula is C16H23NO3. The maximum Gasteiger partial charge on any atom is 0.260 e. The molecule has 0 aromatic heterocycles. The van der Waals surface area contributed by atoms with Gasteiger partial charge >= 0.3 is 0 Å². The second-order valence-electron chi connectivity index (χ2n) is 5.19. The van der Waals surface area contributed by atoms with E-state index in [0.717, 1.165) is 24.9 Å². The minimum Gasteiger partial charge on any atom is -0.484 e. The first-order chi connectivity index (χ1) is 9.65. The fourth-order valence-corrected chi connectivity index (χ4v) is 2.27. The predicted octanol–water partition coefficient (Wildman–Crippen LogP) is 2.52. The number of carbonyl (C=O) groups excluding carboxylic acids is 1. The van der Waals surface area contributed by atoms with Crippen LogP contribution < -0.4 is 4.74 Å². The van der Waals surface area contributed by atoms with Gasteiger partial charge in [0, 0.05) is 12.6 Å². The third-order valence-electron chi connectivity index (χ3n) is 3.66. The summed E-state index contributed by atoms with van der Waals surface area (Å²) in [6.45, 7) is 4.76. The van der Waals surface area contributed by atoms with Crippen molar-refractivity contribution in [2.75, 3.05) is 13.2 Å². The molecule has 0 bridgehead atoms. The van der Waals surface area contributed by atoms with Crippen molar-refractivity contribution in [2.45, 2.75) is 45.3 Å². The molecule has 1 amide bonds. The fraction of sp³-hybridized carbons (Fsp3) is 0.562. The number of rotatable bonds is 7. The van der Waals surface area contributed by atoms with Crippen molar-refractivity contribution in [1.29, 1.82) is 0 Å². The summed E-state index contributed by atoms with van der Waals surface area (Å²) in [4.78, 5) is 13.9. The van der Waals surface area contributed by atoms with Crippen molar-refractivity contribution in [3.63, 3.8) is 0 Å². The van der Waals surface area contributed by atoms with Gasteiger partial charge in [-0.15, -0.1) is 0 Å². The van der Waals surface area contributed by atoms with E-state index in [9.17, 15) is 9.90 Å². The van der Waals surface area contributed by atoms with Gasteiger partial charge in [-0.1, -0.05) is 19.1 Å². The quantitative estimate of drug-likeness (QED) is 0.833. The Morgan fingerprint density at radius 2 is 2.00 bits per heavy atom. The number of nitrogens with zero attached hydrogens (tertiary/aromatic N) is 1. The summed E-state index contributed by atoms with van der Waals surface area (Å²) in [5, 5.41) is 9.71. The van der Waals surface area contributed by atoms with Crippen LogP contribution in [0.1, 0.15) is 44.8 Å². The fourth-order valence-electron chi connectivity index (χ4n) is 2.27. The number of likely N-dealkylation sites (N-methyl/N-ethyl adjacent to an activating group) is 1. The number of benzene rings is 1. The van der Waals surface area contributed by atoms with E-state index < -0.39 is 6.10 Å². The number of hydrogen-bond acceptors (Lipinski definition) is 3. The monoisotopic (exact) mass is 277 g/mol. The van der Waals surface area contributed by atoms with Crippen LogP contribution in [0.3, 0.4) is 0 Å². The lowest BCUT2D eigenvalue weighted by Crippen LogP contribution is -2.36. The lowest BCUT2D eigenvalue weighted by Gasteiger charge is -2.20. The Labute approximate surface area is 120 Å². The van der Waals surface area contributed by atoms with E-state index >= 15 is 0 Å². The van der Waals surface area contributed by atoms with Crippen LogP contribution in [-0.4, -0.2) is 35.1 Å². The van der Waals surface area contributed by atoms with Gasteiger partial charge in [-0.25, -0.2) is 0 Å². The first-order valence-electron chi connectivity index (χ1n) is 7.36. The van der Waals surface area contributed by atoms with Gasteiger partial charge in [0.05, 0.1) is 6.10 Å². The van der Waals surface area contributed by atoms with Gasteiger partial charge in [-0.2, -0.15) is 0 Å². The van der Waals surface area contributed by atoms with Gasteiger partial charge in [0.2, 0.25) is 0 Å². The molecule has 1 N–H and O–H groups in total. The van der Waals surface area contributed by atoms with Crippen molar-refractivity contribution in [3.8, 4) is 5.75 Å². The van der Waals surface area contributed by atoms with Crippen LogP contribution in [-0.2, 0) is 4.79 Å². The summed E-state index contributed by atoms with van der Waals surface area (Å²) in [5.74, 6) is 0.713. The predicted molar refractivity (Wildman–Crippen MR) is 77.6 cm³/mol. The van der Waals surface area contributed by atoms with Crippen molar-refractivity contribution in [1.82, 2.24) is 4.90 Å². The highest BCUT2D eigenvalue weighted by atomic mass is 16.5. The summed E-state index contributed by atoms with van der Waals surface area (Å²) >= 11 is 0. The normalized spacial score (nSPS) is 15.8. The van der Waals surface area contributed by atoms with Crippen LogP contribution in [0.25, 0.3) is 0 Å². The molecule has 1 aliphatic rings. The molecule has 1 unspecified atom stereocenters. The summed E-state index contributed by atoms with van der Waals surface area (Å²) in [7, 11) is 0. The Kier molecular flexibility index (Phi) is 5.01. The number of aliphatic hydroxyl groups is 1. The molecule has 1 aromatic rings. The Hall–Kier alpha value is -1.55. The third kappa shape index (κ3) is 3.73. The lowest BCUT2D eigenvalue weighted by atomic mass is 10.1. The van der Waals surface area contributed by atoms with Gasteiger partial charge in [0.25, 0.3) is 5.91 Å². The van der Waals surface area contributed by atoms with Gasteiger partial charge in [0.15, 0.2) is 6.61 Å². The SMILES string of the molecule is CCC(O)c1ccc(OCC(=O)N(CC)C2CC2)cc1. The number of aliphatic hydroxyl groups excluding tert-OH is 1. The number of amides is 1. The molecule has 1 atom stereocenters. The van der Waals surface area contributed by atoms with Gasteiger partial charge in [-0.05, 0) is 43.9 Å². The highest BCUT2D eigenvalue weighted by Crippen LogP contribution is 2.26. The van der Waals surface area contributed by atoms with Crippen LogP contribution in [0.5, 0.6) is 5.75 Å². The number of hydrogen-bond donors (Lipinski definition) is 1. The van der Waals surface area contributed by atoms with E-state index in [2.05, 4.69) is 0 Å². The summed E-state index contributed by atoms with van der Waals surface area (Å²) in [5.41, 5.74) is 0.874. The van der Waals surface area contributed by atoms with Gasteiger partial charge < -0.3 is 14.7 Å². The summed E-state index contributed by atoms with van der Waals surface area (Å²) < 4.78 is 5.52. The Morgan fingerprint density at radius 3 is 2.50 bits per heavy atom. The minimum absolute atomic E-state index is 0.0488. The van der Waals surface area contributed by atoms with Crippen LogP contribution in [0.2, 0.25) is 0 Å². The third-order valence-corrected chi connectivity index (χ3v) is 3.66. The molecular weight excluding hydrogens is 254 g/mol. The molecule has 4 nitrogen and oxygen atoms in total. The highest BCUT2D eigenvalue weighted by Gasteiger charge is 2.31. The van der Waals surface area contributed by atoms with E-state index in [4.69, 9.17) is 4.74 Å². The van der Waals surface area contributed by atoms with Crippen LogP contribution in [0, 0.1) is 0 Å². The maximum absolute atomic E-state index is 12.0. The second-order valence-corrected chi connectivity index (χ2v) is 5.19. The Balaban J connectivity index is 1.85. The van der Waals surface area contributed by atoms with Crippen LogP contribution >= 0.6 is 0 Å².